The number of thioether (sulfide) groups is 1. The fraction of sp³-hybridized carbons (Fsp3) is 0.400. The molecule has 0 atom stereocenters. The van der Waals surface area contributed by atoms with E-state index in [1.807, 2.05) is 0 Å². The number of benzene rings is 1. The molecule has 0 saturated carbocycles. The molecule has 0 fully saturated rings. The lowest BCUT2D eigenvalue weighted by Gasteiger charge is -2.11. The van der Waals surface area contributed by atoms with Gasteiger partial charge in [-0.25, -0.2) is 0 Å². The Morgan fingerprint density at radius 2 is 1.76 bits per heavy atom. The molecular formula is C15H19NS. The highest BCUT2D eigenvalue weighted by Crippen LogP contribution is 2.31. The molecule has 0 radical (unpaired) electrons. The molecule has 0 aromatic heterocycles. The summed E-state index contributed by atoms with van der Waals surface area (Å²) >= 11 is 1.73. The third-order valence-corrected chi connectivity index (χ3v) is 3.50. The van der Waals surface area contributed by atoms with E-state index in [2.05, 4.69) is 58.0 Å². The quantitative estimate of drug-likeness (QED) is 0.710. The highest BCUT2D eigenvalue weighted by molar-refractivity contribution is 8.08. The van der Waals surface area contributed by atoms with Crippen LogP contribution in [0.3, 0.4) is 0 Å². The zero-order valence-electron chi connectivity index (χ0n) is 10.9. The summed E-state index contributed by atoms with van der Waals surface area (Å²) in [7, 11) is 0. The Bertz CT molecular complexity index is 421. The summed E-state index contributed by atoms with van der Waals surface area (Å²) in [4.78, 5) is 1.05. The zero-order valence-corrected chi connectivity index (χ0v) is 11.7. The molecule has 0 amide bonds. The van der Waals surface area contributed by atoms with Crippen molar-refractivity contribution in [1.29, 1.82) is 5.26 Å². The van der Waals surface area contributed by atoms with Crippen LogP contribution in [0.5, 0.6) is 0 Å². The summed E-state index contributed by atoms with van der Waals surface area (Å²) in [5, 5.41) is 9.30. The predicted octanol–water partition coefficient (Wildman–Crippen LogP) is 4.82. The molecule has 0 saturated heterocycles. The van der Waals surface area contributed by atoms with Crippen LogP contribution >= 0.6 is 11.8 Å². The van der Waals surface area contributed by atoms with E-state index in [4.69, 9.17) is 5.26 Å². The molecule has 1 rings (SSSR count). The Labute approximate surface area is 109 Å². The van der Waals surface area contributed by atoms with E-state index in [1.54, 1.807) is 17.8 Å². The lowest BCUT2D eigenvalue weighted by atomic mass is 10.0. The van der Waals surface area contributed by atoms with Crippen molar-refractivity contribution < 1.29 is 0 Å². The Morgan fingerprint density at radius 1 is 1.18 bits per heavy atom. The van der Waals surface area contributed by atoms with Crippen LogP contribution in [0.25, 0.3) is 4.91 Å². The number of hydrogen-bond acceptors (Lipinski definition) is 2. The van der Waals surface area contributed by atoms with Gasteiger partial charge in [0.15, 0.2) is 0 Å². The molecule has 0 heterocycles. The molecule has 0 unspecified atom stereocenters. The molecule has 0 N–H and O–H groups in total. The van der Waals surface area contributed by atoms with Crippen LogP contribution in [0.2, 0.25) is 0 Å². The first-order chi connectivity index (χ1) is 8.04. The molecule has 17 heavy (non-hydrogen) atoms. The van der Waals surface area contributed by atoms with Gasteiger partial charge in [-0.1, -0.05) is 52.0 Å². The molecule has 1 aromatic rings. The first-order valence-electron chi connectivity index (χ1n) is 5.91. The molecular weight excluding hydrogens is 226 g/mol. The molecule has 0 aliphatic rings. The fourth-order valence-electron chi connectivity index (χ4n) is 1.53. The second kappa shape index (κ2) is 6.51. The van der Waals surface area contributed by atoms with Crippen LogP contribution in [-0.2, 0) is 0 Å². The number of nitrogens with zero attached hydrogens (tertiary/aromatic N) is 1. The van der Waals surface area contributed by atoms with Crippen molar-refractivity contribution in [1.82, 2.24) is 0 Å². The van der Waals surface area contributed by atoms with E-state index in [1.165, 1.54) is 5.56 Å². The molecule has 0 spiro atoms. The fourth-order valence-corrected chi connectivity index (χ4v) is 2.43. The Kier molecular flexibility index (Phi) is 5.31. The van der Waals surface area contributed by atoms with Gasteiger partial charge in [0.2, 0.25) is 0 Å². The van der Waals surface area contributed by atoms with E-state index < -0.39 is 0 Å². The molecule has 0 aliphatic heterocycles. The minimum absolute atomic E-state index is 0.486. The number of nitriles is 1. The molecule has 90 valence electrons. The van der Waals surface area contributed by atoms with E-state index >= 15 is 0 Å². The average molecular weight is 245 g/mol. The van der Waals surface area contributed by atoms with Crippen LogP contribution < -0.4 is 0 Å². The van der Waals surface area contributed by atoms with Gasteiger partial charge in [-0.15, -0.1) is 11.8 Å². The van der Waals surface area contributed by atoms with Crippen molar-refractivity contribution in [3.05, 3.63) is 41.5 Å². The smallest absolute Gasteiger partial charge is 0.0923 e. The largest absolute Gasteiger partial charge is 0.193 e. The molecule has 1 aromatic carbocycles. The van der Waals surface area contributed by atoms with Crippen LogP contribution in [0, 0.1) is 11.3 Å². The zero-order chi connectivity index (χ0) is 12.8. The van der Waals surface area contributed by atoms with Crippen molar-refractivity contribution in [3.63, 3.8) is 0 Å². The summed E-state index contributed by atoms with van der Waals surface area (Å²) in [5.74, 6) is 0.546. The maximum absolute atomic E-state index is 8.81. The summed E-state index contributed by atoms with van der Waals surface area (Å²) in [6.45, 7) is 8.64. The topological polar surface area (TPSA) is 23.8 Å². The second-order valence-corrected chi connectivity index (χ2v) is 6.20. The van der Waals surface area contributed by atoms with Crippen LogP contribution in [0.1, 0.15) is 44.7 Å². The molecule has 0 aliphatic carbocycles. The Hall–Kier alpha value is -1.20. The van der Waals surface area contributed by atoms with Crippen molar-refractivity contribution in [2.75, 3.05) is 0 Å². The minimum Gasteiger partial charge on any atom is -0.193 e. The molecule has 2 heteroatoms. The maximum atomic E-state index is 8.81. The van der Waals surface area contributed by atoms with Gasteiger partial charge in [0.1, 0.15) is 0 Å². The van der Waals surface area contributed by atoms with Gasteiger partial charge in [-0.05, 0) is 17.0 Å². The SMILES string of the molecule is CC(C)SC(=CC#N)c1ccc(C(C)C)cc1. The average Bonchev–Trinajstić information content (AvgIpc) is 2.28. The van der Waals surface area contributed by atoms with E-state index in [0.29, 0.717) is 11.2 Å². The second-order valence-electron chi connectivity index (χ2n) is 4.58. The Morgan fingerprint density at radius 3 is 2.18 bits per heavy atom. The summed E-state index contributed by atoms with van der Waals surface area (Å²) in [6, 6.07) is 10.6. The van der Waals surface area contributed by atoms with Gasteiger partial charge >= 0.3 is 0 Å². The van der Waals surface area contributed by atoms with Gasteiger partial charge in [0.25, 0.3) is 0 Å². The van der Waals surface area contributed by atoms with Crippen LogP contribution in [-0.4, -0.2) is 5.25 Å². The predicted molar refractivity (Wildman–Crippen MR) is 76.8 cm³/mol. The summed E-state index contributed by atoms with van der Waals surface area (Å²) < 4.78 is 0. The third kappa shape index (κ3) is 4.28. The highest BCUT2D eigenvalue weighted by Gasteiger charge is 2.06. The van der Waals surface area contributed by atoms with Gasteiger partial charge < -0.3 is 0 Å². The van der Waals surface area contributed by atoms with Crippen LogP contribution in [0.15, 0.2) is 30.3 Å². The normalized spacial score (nSPS) is 11.9. The van der Waals surface area contributed by atoms with Crippen LogP contribution in [0.4, 0.5) is 0 Å². The van der Waals surface area contributed by atoms with E-state index in [-0.39, 0.29) is 0 Å². The van der Waals surface area contributed by atoms with E-state index in [9.17, 15) is 0 Å². The number of hydrogen-bond donors (Lipinski definition) is 0. The monoisotopic (exact) mass is 245 g/mol. The van der Waals surface area contributed by atoms with E-state index in [0.717, 1.165) is 10.5 Å². The van der Waals surface area contributed by atoms with Gasteiger partial charge in [-0.3, -0.25) is 0 Å². The minimum atomic E-state index is 0.486. The van der Waals surface area contributed by atoms with Gasteiger partial charge in [0, 0.05) is 16.2 Å². The first kappa shape index (κ1) is 13.9. The molecule has 0 bridgehead atoms. The summed E-state index contributed by atoms with van der Waals surface area (Å²) in [6.07, 6.45) is 1.63. The maximum Gasteiger partial charge on any atom is 0.0923 e. The van der Waals surface area contributed by atoms with Crippen molar-refractivity contribution >= 4 is 16.7 Å². The standard InChI is InChI=1S/C15H19NS/c1-11(2)13-5-7-14(8-6-13)15(9-10-16)17-12(3)4/h5-9,11-12H,1-4H3. The Balaban J connectivity index is 2.97. The summed E-state index contributed by atoms with van der Waals surface area (Å²) in [5.41, 5.74) is 2.47. The lowest BCUT2D eigenvalue weighted by molar-refractivity contribution is 0.866. The molecule has 1 nitrogen and oxygen atoms in total. The lowest BCUT2D eigenvalue weighted by Crippen LogP contribution is -1.91. The number of rotatable bonds is 4. The van der Waals surface area contributed by atoms with Crippen molar-refractivity contribution in [3.8, 4) is 6.07 Å². The highest BCUT2D eigenvalue weighted by atomic mass is 32.2. The van der Waals surface area contributed by atoms with Crippen molar-refractivity contribution in [2.45, 2.75) is 38.9 Å². The van der Waals surface area contributed by atoms with Gasteiger partial charge in [-0.2, -0.15) is 5.26 Å². The van der Waals surface area contributed by atoms with Crippen molar-refractivity contribution in [2.24, 2.45) is 0 Å². The van der Waals surface area contributed by atoms with Gasteiger partial charge in [0.05, 0.1) is 6.07 Å². The number of allylic oxidation sites excluding steroid dienone is 1. The third-order valence-electron chi connectivity index (χ3n) is 2.42. The first-order valence-corrected chi connectivity index (χ1v) is 6.79.